The first kappa shape index (κ1) is 12.1. The molecule has 0 bridgehead atoms. The quantitative estimate of drug-likeness (QED) is 0.837. The van der Waals surface area contributed by atoms with Crippen molar-refractivity contribution in [2.75, 3.05) is 6.61 Å². The summed E-state index contributed by atoms with van der Waals surface area (Å²) in [5.74, 6) is 1.33. The molecule has 1 aromatic carbocycles. The van der Waals surface area contributed by atoms with Crippen LogP contribution in [-0.4, -0.2) is 21.7 Å². The Labute approximate surface area is 106 Å². The Bertz CT molecular complexity index is 550. The van der Waals surface area contributed by atoms with Crippen LogP contribution in [0.3, 0.4) is 0 Å². The fourth-order valence-corrected chi connectivity index (χ4v) is 1.52. The molecular weight excluding hydrogens is 228 g/mol. The zero-order chi connectivity index (χ0) is 13.0. The van der Waals surface area contributed by atoms with Gasteiger partial charge in [-0.15, -0.1) is 0 Å². The lowest BCUT2D eigenvalue weighted by atomic mass is 10.2. The first-order valence-corrected chi connectivity index (χ1v) is 5.64. The molecule has 0 saturated heterocycles. The molecule has 0 spiro atoms. The smallest absolute Gasteiger partial charge is 0.159 e. The highest BCUT2D eigenvalue weighted by molar-refractivity contribution is 5.59. The molecule has 0 unspecified atom stereocenters. The van der Waals surface area contributed by atoms with Crippen molar-refractivity contribution in [1.29, 1.82) is 0 Å². The van der Waals surface area contributed by atoms with Gasteiger partial charge < -0.3 is 9.84 Å². The molecule has 1 aromatic heterocycles. The van der Waals surface area contributed by atoms with E-state index in [1.807, 2.05) is 31.2 Å². The third kappa shape index (κ3) is 2.66. The number of aromatic nitrogens is 2. The van der Waals surface area contributed by atoms with Gasteiger partial charge in [0.15, 0.2) is 5.82 Å². The molecule has 18 heavy (non-hydrogen) atoms. The highest BCUT2D eigenvalue weighted by Crippen LogP contribution is 2.21. The number of rotatable bonds is 4. The summed E-state index contributed by atoms with van der Waals surface area (Å²) in [4.78, 5) is 8.37. The number of ether oxygens (including phenoxy) is 1. The van der Waals surface area contributed by atoms with Crippen LogP contribution in [0.15, 0.2) is 43.2 Å². The lowest BCUT2D eigenvalue weighted by Crippen LogP contribution is -1.94. The molecule has 1 heterocycles. The standard InChI is InChI=1S/C14H14N2O2/c1-3-18-13-6-4-5-11(7-13)14-15-8-12(9-16-14)10(2)17/h4-9,17H,2-3H2,1H3. The molecular formula is C14H14N2O2. The molecule has 0 radical (unpaired) electrons. The Morgan fingerprint density at radius 1 is 1.33 bits per heavy atom. The van der Waals surface area contributed by atoms with Crippen LogP contribution in [0.25, 0.3) is 17.1 Å². The van der Waals surface area contributed by atoms with Gasteiger partial charge in [0.2, 0.25) is 0 Å². The predicted octanol–water partition coefficient (Wildman–Crippen LogP) is 3.07. The largest absolute Gasteiger partial charge is 0.508 e. The molecule has 0 aliphatic carbocycles. The highest BCUT2D eigenvalue weighted by Gasteiger charge is 2.04. The van der Waals surface area contributed by atoms with E-state index in [9.17, 15) is 5.11 Å². The van der Waals surface area contributed by atoms with E-state index in [0.29, 0.717) is 18.0 Å². The van der Waals surface area contributed by atoms with Gasteiger partial charge in [0.25, 0.3) is 0 Å². The van der Waals surface area contributed by atoms with Gasteiger partial charge >= 0.3 is 0 Å². The second-order valence-corrected chi connectivity index (χ2v) is 3.70. The Morgan fingerprint density at radius 3 is 2.67 bits per heavy atom. The summed E-state index contributed by atoms with van der Waals surface area (Å²) in [6, 6.07) is 7.57. The third-order valence-corrected chi connectivity index (χ3v) is 2.39. The molecule has 0 fully saturated rings. The van der Waals surface area contributed by atoms with Gasteiger partial charge in [-0.1, -0.05) is 18.7 Å². The monoisotopic (exact) mass is 242 g/mol. The Hall–Kier alpha value is -2.36. The van der Waals surface area contributed by atoms with Crippen molar-refractivity contribution >= 4 is 5.76 Å². The molecule has 92 valence electrons. The van der Waals surface area contributed by atoms with Gasteiger partial charge in [-0.3, -0.25) is 0 Å². The maximum absolute atomic E-state index is 9.20. The SMILES string of the molecule is C=C(O)c1cnc(-c2cccc(OCC)c2)nc1. The molecule has 0 aliphatic rings. The van der Waals surface area contributed by atoms with Gasteiger partial charge in [-0.05, 0) is 19.1 Å². The van der Waals surface area contributed by atoms with Crippen LogP contribution < -0.4 is 4.74 Å². The van der Waals surface area contributed by atoms with Gasteiger partial charge in [-0.2, -0.15) is 0 Å². The van der Waals surface area contributed by atoms with Crippen LogP contribution in [0.5, 0.6) is 5.75 Å². The van der Waals surface area contributed by atoms with Crippen molar-refractivity contribution in [3.8, 4) is 17.1 Å². The van der Waals surface area contributed by atoms with E-state index in [1.54, 1.807) is 0 Å². The number of aliphatic hydroxyl groups is 1. The zero-order valence-corrected chi connectivity index (χ0v) is 10.1. The highest BCUT2D eigenvalue weighted by atomic mass is 16.5. The first-order chi connectivity index (χ1) is 8.70. The topological polar surface area (TPSA) is 55.2 Å². The molecule has 2 aromatic rings. The summed E-state index contributed by atoms with van der Waals surface area (Å²) in [6.45, 7) is 5.98. The molecule has 0 saturated carbocycles. The maximum atomic E-state index is 9.20. The normalized spacial score (nSPS) is 10.1. The van der Waals surface area contributed by atoms with Crippen molar-refractivity contribution in [3.63, 3.8) is 0 Å². The molecule has 0 aliphatic heterocycles. The molecule has 0 amide bonds. The van der Waals surface area contributed by atoms with Gasteiger partial charge in [0.05, 0.1) is 12.2 Å². The van der Waals surface area contributed by atoms with E-state index in [0.717, 1.165) is 11.3 Å². The lowest BCUT2D eigenvalue weighted by Gasteiger charge is -2.05. The predicted molar refractivity (Wildman–Crippen MR) is 70.3 cm³/mol. The summed E-state index contributed by atoms with van der Waals surface area (Å²) in [5, 5.41) is 9.20. The maximum Gasteiger partial charge on any atom is 0.159 e. The van der Waals surface area contributed by atoms with E-state index in [1.165, 1.54) is 12.4 Å². The summed E-state index contributed by atoms with van der Waals surface area (Å²) in [6.07, 6.45) is 3.08. The summed E-state index contributed by atoms with van der Waals surface area (Å²) < 4.78 is 5.42. The van der Waals surface area contributed by atoms with E-state index in [4.69, 9.17) is 4.74 Å². The van der Waals surface area contributed by atoms with Gasteiger partial charge in [0, 0.05) is 18.0 Å². The average Bonchev–Trinajstić information content (AvgIpc) is 2.39. The van der Waals surface area contributed by atoms with E-state index in [2.05, 4.69) is 16.5 Å². The number of nitrogens with zero attached hydrogens (tertiary/aromatic N) is 2. The molecule has 4 nitrogen and oxygen atoms in total. The van der Waals surface area contributed by atoms with Crippen molar-refractivity contribution in [2.45, 2.75) is 6.92 Å². The molecule has 0 atom stereocenters. The number of hydrogen-bond acceptors (Lipinski definition) is 4. The van der Waals surface area contributed by atoms with Gasteiger partial charge in [0.1, 0.15) is 11.5 Å². The number of hydrogen-bond donors (Lipinski definition) is 1. The second kappa shape index (κ2) is 5.31. The van der Waals surface area contributed by atoms with Crippen LogP contribution in [0, 0.1) is 0 Å². The van der Waals surface area contributed by atoms with Crippen molar-refractivity contribution in [2.24, 2.45) is 0 Å². The summed E-state index contributed by atoms with van der Waals surface area (Å²) >= 11 is 0. The molecule has 4 heteroatoms. The third-order valence-electron chi connectivity index (χ3n) is 2.39. The molecule has 2 rings (SSSR count). The fraction of sp³-hybridized carbons (Fsp3) is 0.143. The van der Waals surface area contributed by atoms with E-state index >= 15 is 0 Å². The Morgan fingerprint density at radius 2 is 2.06 bits per heavy atom. The van der Waals surface area contributed by atoms with Crippen LogP contribution in [-0.2, 0) is 0 Å². The number of benzene rings is 1. The lowest BCUT2D eigenvalue weighted by molar-refractivity contribution is 0.340. The molecule has 1 N–H and O–H groups in total. The second-order valence-electron chi connectivity index (χ2n) is 3.70. The minimum absolute atomic E-state index is 0.0374. The fourth-order valence-electron chi connectivity index (χ4n) is 1.52. The Balaban J connectivity index is 2.30. The van der Waals surface area contributed by atoms with Crippen LogP contribution in [0.4, 0.5) is 0 Å². The minimum Gasteiger partial charge on any atom is -0.508 e. The van der Waals surface area contributed by atoms with Crippen LogP contribution in [0.2, 0.25) is 0 Å². The van der Waals surface area contributed by atoms with Crippen LogP contribution >= 0.6 is 0 Å². The van der Waals surface area contributed by atoms with Crippen molar-refractivity contribution < 1.29 is 9.84 Å². The van der Waals surface area contributed by atoms with Crippen molar-refractivity contribution in [3.05, 3.63) is 48.8 Å². The Kier molecular flexibility index (Phi) is 3.57. The minimum atomic E-state index is -0.0374. The first-order valence-electron chi connectivity index (χ1n) is 5.64. The summed E-state index contributed by atoms with van der Waals surface area (Å²) in [5.41, 5.74) is 1.38. The van der Waals surface area contributed by atoms with Crippen LogP contribution in [0.1, 0.15) is 12.5 Å². The zero-order valence-electron chi connectivity index (χ0n) is 10.1. The average molecular weight is 242 g/mol. The van der Waals surface area contributed by atoms with Crippen molar-refractivity contribution in [1.82, 2.24) is 9.97 Å². The number of aliphatic hydroxyl groups excluding tert-OH is 1. The van der Waals surface area contributed by atoms with E-state index < -0.39 is 0 Å². The summed E-state index contributed by atoms with van der Waals surface area (Å²) in [7, 11) is 0. The van der Waals surface area contributed by atoms with Gasteiger partial charge in [-0.25, -0.2) is 9.97 Å². The van der Waals surface area contributed by atoms with E-state index in [-0.39, 0.29) is 5.76 Å².